The summed E-state index contributed by atoms with van der Waals surface area (Å²) in [4.78, 5) is 15.2. The summed E-state index contributed by atoms with van der Waals surface area (Å²) in [6, 6.07) is 3.58. The summed E-state index contributed by atoms with van der Waals surface area (Å²) in [5.74, 6) is -1.32. The summed E-state index contributed by atoms with van der Waals surface area (Å²) in [7, 11) is 3.34. The lowest BCUT2D eigenvalue weighted by molar-refractivity contribution is 0.165. The van der Waals surface area contributed by atoms with Crippen LogP contribution in [0.15, 0.2) is 18.2 Å². The number of fused-ring (bicyclic) bond motifs is 1. The molecular formula is C15H16F2N4O. The number of hydrogen-bond donors (Lipinski definition) is 1. The zero-order chi connectivity index (χ0) is 15.9. The van der Waals surface area contributed by atoms with Gasteiger partial charge in [0.15, 0.2) is 0 Å². The fourth-order valence-electron chi connectivity index (χ4n) is 2.67. The molecule has 7 heteroatoms. The second-order valence-electron chi connectivity index (χ2n) is 5.47. The van der Waals surface area contributed by atoms with E-state index in [0.29, 0.717) is 18.5 Å². The maximum absolute atomic E-state index is 14.0. The number of aromatic amines is 1. The summed E-state index contributed by atoms with van der Waals surface area (Å²) < 4.78 is 28.0. The van der Waals surface area contributed by atoms with E-state index in [0.717, 1.165) is 5.69 Å². The first-order chi connectivity index (χ1) is 10.5. The van der Waals surface area contributed by atoms with E-state index in [9.17, 15) is 13.6 Å². The molecule has 0 atom stereocenters. The lowest BCUT2D eigenvalue weighted by Crippen LogP contribution is -2.42. The molecule has 0 aliphatic carbocycles. The molecule has 0 saturated carbocycles. The lowest BCUT2D eigenvalue weighted by Gasteiger charge is -2.29. The van der Waals surface area contributed by atoms with Crippen LogP contribution in [0.5, 0.6) is 0 Å². The maximum atomic E-state index is 14.0. The zero-order valence-corrected chi connectivity index (χ0v) is 12.4. The Kier molecular flexibility index (Phi) is 3.56. The van der Waals surface area contributed by atoms with Crippen molar-refractivity contribution >= 4 is 6.03 Å². The van der Waals surface area contributed by atoms with Gasteiger partial charge in [0, 0.05) is 38.3 Å². The van der Waals surface area contributed by atoms with E-state index in [-0.39, 0.29) is 23.8 Å². The van der Waals surface area contributed by atoms with Gasteiger partial charge in [0.2, 0.25) is 0 Å². The Morgan fingerprint density at radius 1 is 1.32 bits per heavy atom. The number of halogens is 2. The number of nitrogens with one attached hydrogen (secondary N) is 1. The number of H-pyrrole nitrogens is 1. The molecule has 1 N–H and O–H groups in total. The Morgan fingerprint density at radius 3 is 2.64 bits per heavy atom. The number of aromatic nitrogens is 2. The van der Waals surface area contributed by atoms with Crippen LogP contribution in [0.4, 0.5) is 13.6 Å². The second-order valence-corrected chi connectivity index (χ2v) is 5.47. The van der Waals surface area contributed by atoms with E-state index in [1.165, 1.54) is 23.1 Å². The molecule has 1 aromatic heterocycles. The third-order valence-corrected chi connectivity index (χ3v) is 3.79. The Bertz CT molecular complexity index is 706. The minimum Gasteiger partial charge on any atom is -0.331 e. The molecule has 1 aliphatic rings. The maximum Gasteiger partial charge on any atom is 0.319 e. The van der Waals surface area contributed by atoms with Crippen molar-refractivity contribution in [2.45, 2.75) is 13.0 Å². The van der Waals surface area contributed by atoms with Gasteiger partial charge in [0.25, 0.3) is 0 Å². The predicted octanol–water partition coefficient (Wildman–Crippen LogP) is 2.39. The molecule has 2 heterocycles. The summed E-state index contributed by atoms with van der Waals surface area (Å²) in [5.41, 5.74) is 1.58. The van der Waals surface area contributed by atoms with Gasteiger partial charge < -0.3 is 9.80 Å². The predicted molar refractivity (Wildman–Crippen MR) is 77.1 cm³/mol. The topological polar surface area (TPSA) is 52.2 Å². The molecule has 0 spiro atoms. The van der Waals surface area contributed by atoms with Crippen molar-refractivity contribution in [1.29, 1.82) is 0 Å². The summed E-state index contributed by atoms with van der Waals surface area (Å²) in [5, 5.41) is 6.90. The summed E-state index contributed by atoms with van der Waals surface area (Å²) >= 11 is 0. The first kappa shape index (κ1) is 14.5. The number of carbonyl (C=O) groups excluding carboxylic acids is 1. The minimum absolute atomic E-state index is 0.133. The highest BCUT2D eigenvalue weighted by Gasteiger charge is 2.28. The summed E-state index contributed by atoms with van der Waals surface area (Å²) in [6.45, 7) is 0.831. The van der Waals surface area contributed by atoms with Crippen LogP contribution >= 0.6 is 0 Å². The zero-order valence-electron chi connectivity index (χ0n) is 12.4. The van der Waals surface area contributed by atoms with Crippen LogP contribution in [-0.4, -0.2) is 46.7 Å². The number of carbonyl (C=O) groups is 1. The van der Waals surface area contributed by atoms with Gasteiger partial charge in [0.05, 0.1) is 12.1 Å². The van der Waals surface area contributed by atoms with Crippen molar-refractivity contribution in [2.24, 2.45) is 0 Å². The average molecular weight is 306 g/mol. The minimum atomic E-state index is -0.662. The van der Waals surface area contributed by atoms with Gasteiger partial charge in [-0.05, 0) is 12.1 Å². The van der Waals surface area contributed by atoms with Crippen molar-refractivity contribution in [3.63, 3.8) is 0 Å². The second kappa shape index (κ2) is 5.40. The van der Waals surface area contributed by atoms with Crippen molar-refractivity contribution in [3.8, 4) is 11.3 Å². The molecule has 116 valence electrons. The van der Waals surface area contributed by atoms with Crippen LogP contribution in [0.2, 0.25) is 0 Å². The number of nitrogens with zero attached hydrogens (tertiary/aromatic N) is 3. The third-order valence-electron chi connectivity index (χ3n) is 3.79. The highest BCUT2D eigenvalue weighted by molar-refractivity contribution is 5.75. The van der Waals surface area contributed by atoms with Gasteiger partial charge in [-0.1, -0.05) is 6.07 Å². The largest absolute Gasteiger partial charge is 0.331 e. The number of amides is 2. The van der Waals surface area contributed by atoms with Crippen LogP contribution in [0, 0.1) is 11.6 Å². The van der Waals surface area contributed by atoms with E-state index in [2.05, 4.69) is 10.2 Å². The first-order valence-electron chi connectivity index (χ1n) is 6.95. The SMILES string of the molecule is CN(C)C(=O)N1CCc2[nH]nc(-c3c(F)cccc3F)c2C1. The third kappa shape index (κ3) is 2.32. The molecule has 3 rings (SSSR count). The Hall–Kier alpha value is -2.44. The standard InChI is InChI=1S/C15H16F2N4O/c1-20(2)15(22)21-7-6-12-9(8-21)14(19-18-12)13-10(16)4-3-5-11(13)17/h3-5H,6-8H2,1-2H3,(H,18,19). The molecule has 22 heavy (non-hydrogen) atoms. The van der Waals surface area contributed by atoms with Crippen molar-refractivity contribution < 1.29 is 13.6 Å². The highest BCUT2D eigenvalue weighted by atomic mass is 19.1. The first-order valence-corrected chi connectivity index (χ1v) is 6.95. The van der Waals surface area contributed by atoms with Crippen molar-refractivity contribution in [2.75, 3.05) is 20.6 Å². The van der Waals surface area contributed by atoms with Gasteiger partial charge >= 0.3 is 6.03 Å². The lowest BCUT2D eigenvalue weighted by atomic mass is 10.0. The van der Waals surface area contributed by atoms with E-state index in [1.807, 2.05) is 0 Å². The van der Waals surface area contributed by atoms with Crippen molar-refractivity contribution in [1.82, 2.24) is 20.0 Å². The molecule has 1 aromatic carbocycles. The number of rotatable bonds is 1. The Labute approximate surface area is 126 Å². The van der Waals surface area contributed by atoms with Crippen LogP contribution in [0.25, 0.3) is 11.3 Å². The Balaban J connectivity index is 2.02. The monoisotopic (exact) mass is 306 g/mol. The van der Waals surface area contributed by atoms with E-state index in [1.54, 1.807) is 19.0 Å². The Morgan fingerprint density at radius 2 is 2.00 bits per heavy atom. The molecule has 0 bridgehead atoms. The molecular weight excluding hydrogens is 290 g/mol. The number of urea groups is 1. The van der Waals surface area contributed by atoms with Gasteiger partial charge in [-0.15, -0.1) is 0 Å². The van der Waals surface area contributed by atoms with E-state index >= 15 is 0 Å². The van der Waals surface area contributed by atoms with Gasteiger partial charge in [-0.3, -0.25) is 5.10 Å². The summed E-state index contributed by atoms with van der Waals surface area (Å²) in [6.07, 6.45) is 0.581. The highest BCUT2D eigenvalue weighted by Crippen LogP contribution is 2.31. The molecule has 0 unspecified atom stereocenters. The fraction of sp³-hybridized carbons (Fsp3) is 0.333. The average Bonchev–Trinajstić information content (AvgIpc) is 2.89. The molecule has 2 amide bonds. The van der Waals surface area contributed by atoms with E-state index in [4.69, 9.17) is 0 Å². The number of hydrogen-bond acceptors (Lipinski definition) is 2. The molecule has 0 fully saturated rings. The van der Waals surface area contributed by atoms with Crippen LogP contribution in [0.3, 0.4) is 0 Å². The number of benzene rings is 1. The molecule has 1 aliphatic heterocycles. The quantitative estimate of drug-likeness (QED) is 0.879. The van der Waals surface area contributed by atoms with Gasteiger partial charge in [0.1, 0.15) is 17.3 Å². The normalized spacial score (nSPS) is 13.9. The van der Waals surface area contributed by atoms with E-state index < -0.39 is 11.6 Å². The van der Waals surface area contributed by atoms with Crippen LogP contribution in [0.1, 0.15) is 11.3 Å². The molecule has 5 nitrogen and oxygen atoms in total. The molecule has 2 aromatic rings. The van der Waals surface area contributed by atoms with Crippen molar-refractivity contribution in [3.05, 3.63) is 41.1 Å². The fourth-order valence-corrected chi connectivity index (χ4v) is 2.67. The smallest absolute Gasteiger partial charge is 0.319 e. The van der Waals surface area contributed by atoms with Gasteiger partial charge in [-0.25, -0.2) is 13.6 Å². The van der Waals surface area contributed by atoms with Crippen LogP contribution in [-0.2, 0) is 13.0 Å². The van der Waals surface area contributed by atoms with Crippen LogP contribution < -0.4 is 0 Å². The molecule has 0 radical (unpaired) electrons. The molecule has 0 saturated heterocycles. The van der Waals surface area contributed by atoms with Gasteiger partial charge in [-0.2, -0.15) is 5.10 Å².